The van der Waals surface area contributed by atoms with Gasteiger partial charge < -0.3 is 15.0 Å². The van der Waals surface area contributed by atoms with Gasteiger partial charge in [-0.25, -0.2) is 4.98 Å². The molecule has 2 amide bonds. The van der Waals surface area contributed by atoms with E-state index in [-0.39, 0.29) is 11.8 Å². The molecule has 0 saturated carbocycles. The van der Waals surface area contributed by atoms with E-state index in [4.69, 9.17) is 0 Å². The second-order valence-electron chi connectivity index (χ2n) is 7.20. The molecule has 0 saturated heterocycles. The van der Waals surface area contributed by atoms with Crippen LogP contribution in [0.5, 0.6) is 0 Å². The third-order valence-corrected chi connectivity index (χ3v) is 5.70. The largest absolute Gasteiger partial charge is 0.325 e. The first kappa shape index (κ1) is 20.7. The molecule has 2 aromatic carbocycles. The third-order valence-electron chi connectivity index (χ3n) is 4.65. The van der Waals surface area contributed by atoms with E-state index in [9.17, 15) is 9.59 Å². The number of thioether (sulfide) groups is 1. The number of imidazole rings is 1. The van der Waals surface area contributed by atoms with Crippen molar-refractivity contribution >= 4 is 40.6 Å². The van der Waals surface area contributed by atoms with Crippen molar-refractivity contribution in [2.24, 2.45) is 0 Å². The maximum absolute atomic E-state index is 12.7. The Morgan fingerprint density at radius 1 is 1.00 bits per heavy atom. The van der Waals surface area contributed by atoms with Crippen LogP contribution in [0, 0.1) is 6.92 Å². The molecule has 0 radical (unpaired) electrons. The molecule has 6 nitrogen and oxygen atoms in total. The molecule has 31 heavy (non-hydrogen) atoms. The first-order valence-corrected chi connectivity index (χ1v) is 10.8. The van der Waals surface area contributed by atoms with Gasteiger partial charge in [0.25, 0.3) is 5.91 Å². The molecular weight excluding hydrogens is 408 g/mol. The lowest BCUT2D eigenvalue weighted by Crippen LogP contribution is -2.15. The molecule has 2 heterocycles. The van der Waals surface area contributed by atoms with Crippen molar-refractivity contribution in [1.29, 1.82) is 0 Å². The summed E-state index contributed by atoms with van der Waals surface area (Å²) in [6.45, 7) is 3.37. The minimum atomic E-state index is -0.228. The highest BCUT2D eigenvalue weighted by Gasteiger charge is 2.11. The second-order valence-corrected chi connectivity index (χ2v) is 8.24. The average molecular weight is 431 g/mol. The Hall–Kier alpha value is -3.58. The number of anilines is 2. The molecule has 156 valence electrons. The van der Waals surface area contributed by atoms with Gasteiger partial charge in [-0.3, -0.25) is 9.59 Å². The summed E-state index contributed by atoms with van der Waals surface area (Å²) in [5, 5.41) is 5.64. The summed E-state index contributed by atoms with van der Waals surface area (Å²) in [7, 11) is 0. The average Bonchev–Trinajstić information content (AvgIpc) is 3.17. The maximum atomic E-state index is 12.7. The zero-order valence-electron chi connectivity index (χ0n) is 17.3. The number of pyridine rings is 1. The van der Waals surface area contributed by atoms with Gasteiger partial charge in [0, 0.05) is 35.5 Å². The van der Waals surface area contributed by atoms with Crippen molar-refractivity contribution in [3.8, 4) is 0 Å². The van der Waals surface area contributed by atoms with Crippen LogP contribution in [0.2, 0.25) is 0 Å². The summed E-state index contributed by atoms with van der Waals surface area (Å²) in [4.78, 5) is 29.8. The first-order chi connectivity index (χ1) is 15.0. The second kappa shape index (κ2) is 9.06. The standard InChI is InChI=1S/C24H22N4O2S/c1-16-6-11-21(25-17(2)29)22(13-16)27-24(30)18-7-9-20(10-8-18)31-15-19-14-28-12-4-3-5-23(28)26-19/h3-14H,15H2,1-2H3,(H,25,29)(H,27,30). The van der Waals surface area contributed by atoms with E-state index in [1.807, 2.05) is 66.2 Å². The van der Waals surface area contributed by atoms with Gasteiger partial charge >= 0.3 is 0 Å². The third kappa shape index (κ3) is 5.13. The molecule has 0 aliphatic heterocycles. The van der Waals surface area contributed by atoms with Crippen molar-refractivity contribution in [1.82, 2.24) is 9.38 Å². The number of rotatable bonds is 6. The maximum Gasteiger partial charge on any atom is 0.255 e. The van der Waals surface area contributed by atoms with Crippen LogP contribution in [0.4, 0.5) is 11.4 Å². The summed E-state index contributed by atoms with van der Waals surface area (Å²) in [6, 6.07) is 18.9. The molecule has 0 spiro atoms. The van der Waals surface area contributed by atoms with Gasteiger partial charge in [-0.15, -0.1) is 11.8 Å². The molecular formula is C24H22N4O2S. The molecule has 2 aromatic heterocycles. The van der Waals surface area contributed by atoms with E-state index in [0.717, 1.165) is 27.6 Å². The predicted octanol–water partition coefficient (Wildman–Crippen LogP) is 5.15. The van der Waals surface area contributed by atoms with E-state index >= 15 is 0 Å². The zero-order valence-corrected chi connectivity index (χ0v) is 18.1. The predicted molar refractivity (Wildman–Crippen MR) is 125 cm³/mol. The fraction of sp³-hybridized carbons (Fsp3) is 0.125. The summed E-state index contributed by atoms with van der Waals surface area (Å²) in [5.41, 5.74) is 4.62. The molecule has 2 N–H and O–H groups in total. The van der Waals surface area contributed by atoms with E-state index in [1.54, 1.807) is 30.0 Å². The van der Waals surface area contributed by atoms with Crippen molar-refractivity contribution in [3.63, 3.8) is 0 Å². The smallest absolute Gasteiger partial charge is 0.255 e. The highest BCUT2D eigenvalue weighted by atomic mass is 32.2. The number of aryl methyl sites for hydroxylation is 1. The van der Waals surface area contributed by atoms with Gasteiger partial charge in [0.2, 0.25) is 5.91 Å². The monoisotopic (exact) mass is 430 g/mol. The lowest BCUT2D eigenvalue weighted by molar-refractivity contribution is -0.114. The fourth-order valence-corrected chi connectivity index (χ4v) is 3.95. The summed E-state index contributed by atoms with van der Waals surface area (Å²) >= 11 is 1.67. The molecule has 0 aliphatic rings. The number of aromatic nitrogens is 2. The molecule has 7 heteroatoms. The van der Waals surface area contributed by atoms with Crippen molar-refractivity contribution < 1.29 is 9.59 Å². The van der Waals surface area contributed by atoms with Crippen LogP contribution in [0.25, 0.3) is 5.65 Å². The first-order valence-electron chi connectivity index (χ1n) is 9.83. The van der Waals surface area contributed by atoms with Gasteiger partial charge in [-0.1, -0.05) is 12.1 Å². The Kier molecular flexibility index (Phi) is 6.04. The van der Waals surface area contributed by atoms with E-state index < -0.39 is 0 Å². The SMILES string of the molecule is CC(=O)Nc1ccc(C)cc1NC(=O)c1ccc(SCc2cn3ccccc3n2)cc1. The van der Waals surface area contributed by atoms with Crippen LogP contribution in [0.3, 0.4) is 0 Å². The summed E-state index contributed by atoms with van der Waals surface area (Å²) < 4.78 is 2.00. The number of carbonyl (C=O) groups is 2. The number of carbonyl (C=O) groups excluding carboxylic acids is 2. The van der Waals surface area contributed by atoms with Gasteiger partial charge in [0.15, 0.2) is 0 Å². The van der Waals surface area contributed by atoms with Gasteiger partial charge in [0.1, 0.15) is 5.65 Å². The number of fused-ring (bicyclic) bond motifs is 1. The number of nitrogens with zero attached hydrogens (tertiary/aromatic N) is 2. The zero-order chi connectivity index (χ0) is 21.8. The highest BCUT2D eigenvalue weighted by molar-refractivity contribution is 7.98. The molecule has 0 atom stereocenters. The van der Waals surface area contributed by atoms with Crippen LogP contribution in [0.1, 0.15) is 28.5 Å². The number of hydrogen-bond acceptors (Lipinski definition) is 4. The van der Waals surface area contributed by atoms with Crippen LogP contribution in [0.15, 0.2) is 78.0 Å². The minimum absolute atomic E-state index is 0.189. The Morgan fingerprint density at radius 3 is 2.55 bits per heavy atom. The van der Waals surface area contributed by atoms with E-state index in [1.165, 1.54) is 6.92 Å². The summed E-state index contributed by atoms with van der Waals surface area (Å²) in [5.74, 6) is 0.330. The molecule has 0 bridgehead atoms. The van der Waals surface area contributed by atoms with Crippen molar-refractivity contribution in [2.45, 2.75) is 24.5 Å². The molecule has 0 unspecified atom stereocenters. The normalized spacial score (nSPS) is 10.8. The molecule has 0 fully saturated rings. The number of hydrogen-bond donors (Lipinski definition) is 2. The van der Waals surface area contributed by atoms with Crippen molar-refractivity contribution in [3.05, 3.63) is 89.9 Å². The highest BCUT2D eigenvalue weighted by Crippen LogP contribution is 2.26. The van der Waals surface area contributed by atoms with Gasteiger partial charge in [0.05, 0.1) is 17.1 Å². The van der Waals surface area contributed by atoms with Crippen molar-refractivity contribution in [2.75, 3.05) is 10.6 Å². The Labute approximate surface area is 184 Å². The minimum Gasteiger partial charge on any atom is -0.325 e. The van der Waals surface area contributed by atoms with Crippen LogP contribution < -0.4 is 10.6 Å². The fourth-order valence-electron chi connectivity index (χ4n) is 3.17. The lowest BCUT2D eigenvalue weighted by atomic mass is 10.1. The quantitative estimate of drug-likeness (QED) is 0.415. The van der Waals surface area contributed by atoms with Gasteiger partial charge in [-0.2, -0.15) is 0 Å². The Morgan fingerprint density at radius 2 is 1.81 bits per heavy atom. The molecule has 0 aliphatic carbocycles. The van der Waals surface area contributed by atoms with Crippen LogP contribution in [-0.2, 0) is 10.5 Å². The molecule has 4 rings (SSSR count). The van der Waals surface area contributed by atoms with Crippen LogP contribution in [-0.4, -0.2) is 21.2 Å². The van der Waals surface area contributed by atoms with Crippen LogP contribution >= 0.6 is 11.8 Å². The molecule has 4 aromatic rings. The van der Waals surface area contributed by atoms with E-state index in [0.29, 0.717) is 16.9 Å². The number of nitrogens with one attached hydrogen (secondary N) is 2. The van der Waals surface area contributed by atoms with Gasteiger partial charge in [-0.05, 0) is 61.0 Å². The van der Waals surface area contributed by atoms with E-state index in [2.05, 4.69) is 15.6 Å². The number of benzene rings is 2. The Balaban J connectivity index is 1.41. The number of amides is 2. The lowest BCUT2D eigenvalue weighted by Gasteiger charge is -2.12. The Bertz CT molecular complexity index is 1220. The topological polar surface area (TPSA) is 75.5 Å². The summed E-state index contributed by atoms with van der Waals surface area (Å²) in [6.07, 6.45) is 4.01.